The van der Waals surface area contributed by atoms with E-state index in [1.54, 1.807) is 23.5 Å². The van der Waals surface area contributed by atoms with Crippen LogP contribution in [0.1, 0.15) is 56.6 Å². The van der Waals surface area contributed by atoms with E-state index in [9.17, 15) is 4.79 Å². The SMILES string of the molecule is Cc1ccc(C(c2c(NC(=O)c3ccco3)sc3c2CCCC3)N2CCOCC2)cc1. The molecule has 5 rings (SSSR count). The Morgan fingerprint density at radius 2 is 1.87 bits per heavy atom. The average molecular weight is 437 g/mol. The zero-order valence-corrected chi connectivity index (χ0v) is 18.7. The molecule has 0 saturated carbocycles. The van der Waals surface area contributed by atoms with Gasteiger partial charge in [-0.05, 0) is 55.9 Å². The van der Waals surface area contributed by atoms with Crippen molar-refractivity contribution in [2.24, 2.45) is 0 Å². The van der Waals surface area contributed by atoms with Gasteiger partial charge < -0.3 is 14.5 Å². The summed E-state index contributed by atoms with van der Waals surface area (Å²) in [7, 11) is 0. The monoisotopic (exact) mass is 436 g/mol. The van der Waals surface area contributed by atoms with E-state index in [2.05, 4.69) is 41.4 Å². The summed E-state index contributed by atoms with van der Waals surface area (Å²) < 4.78 is 11.0. The number of hydrogen-bond acceptors (Lipinski definition) is 5. The summed E-state index contributed by atoms with van der Waals surface area (Å²) in [5.74, 6) is 0.157. The molecule has 1 fully saturated rings. The molecule has 0 spiro atoms. The van der Waals surface area contributed by atoms with Crippen LogP contribution in [0.4, 0.5) is 5.00 Å². The summed E-state index contributed by atoms with van der Waals surface area (Å²) in [4.78, 5) is 16.8. The molecule has 1 N–H and O–H groups in total. The van der Waals surface area contributed by atoms with Crippen molar-refractivity contribution in [3.05, 3.63) is 75.6 Å². The van der Waals surface area contributed by atoms with Crippen LogP contribution in [0.5, 0.6) is 0 Å². The molecule has 6 heteroatoms. The number of morpholine rings is 1. The number of fused-ring (bicyclic) bond motifs is 1. The molecule has 0 bridgehead atoms. The van der Waals surface area contributed by atoms with Gasteiger partial charge in [-0.3, -0.25) is 9.69 Å². The second kappa shape index (κ2) is 8.99. The lowest BCUT2D eigenvalue weighted by atomic mass is 9.88. The fourth-order valence-electron chi connectivity index (χ4n) is 4.69. The van der Waals surface area contributed by atoms with Crippen LogP contribution in [0.3, 0.4) is 0 Å². The van der Waals surface area contributed by atoms with Crippen LogP contribution in [0.2, 0.25) is 0 Å². The van der Waals surface area contributed by atoms with Crippen molar-refractivity contribution in [3.8, 4) is 0 Å². The van der Waals surface area contributed by atoms with Crippen LogP contribution in [0.15, 0.2) is 47.1 Å². The highest BCUT2D eigenvalue weighted by Gasteiger charge is 2.33. The van der Waals surface area contributed by atoms with E-state index in [0.29, 0.717) is 5.76 Å². The number of hydrogen-bond donors (Lipinski definition) is 1. The number of ether oxygens (including phenoxy) is 1. The minimum absolute atomic E-state index is 0.106. The van der Waals surface area contributed by atoms with Crippen LogP contribution in [0.25, 0.3) is 0 Å². The van der Waals surface area contributed by atoms with Crippen molar-refractivity contribution in [2.75, 3.05) is 31.6 Å². The van der Waals surface area contributed by atoms with Crippen LogP contribution in [0, 0.1) is 6.92 Å². The molecule has 1 aromatic carbocycles. The first-order valence-electron chi connectivity index (χ1n) is 11.1. The van der Waals surface area contributed by atoms with E-state index in [1.807, 2.05) is 0 Å². The molecule has 3 heterocycles. The molecular weight excluding hydrogens is 408 g/mol. The Hall–Kier alpha value is -2.41. The molecule has 3 aromatic rings. The van der Waals surface area contributed by atoms with Crippen LogP contribution in [-0.2, 0) is 17.6 Å². The highest BCUT2D eigenvalue weighted by atomic mass is 32.1. The number of rotatable bonds is 5. The number of furan rings is 1. The number of carbonyl (C=O) groups excluding carboxylic acids is 1. The van der Waals surface area contributed by atoms with E-state index in [4.69, 9.17) is 9.15 Å². The van der Waals surface area contributed by atoms with Crippen LogP contribution < -0.4 is 5.32 Å². The lowest BCUT2D eigenvalue weighted by Crippen LogP contribution is -2.40. The minimum Gasteiger partial charge on any atom is -0.459 e. The second-order valence-corrected chi connectivity index (χ2v) is 9.45. The smallest absolute Gasteiger partial charge is 0.291 e. The van der Waals surface area contributed by atoms with Gasteiger partial charge in [-0.1, -0.05) is 29.8 Å². The van der Waals surface area contributed by atoms with E-state index < -0.39 is 0 Å². The largest absolute Gasteiger partial charge is 0.459 e. The Morgan fingerprint density at radius 3 is 2.61 bits per heavy atom. The Balaban J connectivity index is 1.60. The van der Waals surface area contributed by atoms with Crippen molar-refractivity contribution in [1.82, 2.24) is 4.90 Å². The highest BCUT2D eigenvalue weighted by molar-refractivity contribution is 7.16. The lowest BCUT2D eigenvalue weighted by Gasteiger charge is -2.36. The number of nitrogens with one attached hydrogen (secondary N) is 1. The molecule has 31 heavy (non-hydrogen) atoms. The van der Waals surface area contributed by atoms with Crippen LogP contribution in [-0.4, -0.2) is 37.1 Å². The Kier molecular flexibility index (Phi) is 5.94. The second-order valence-electron chi connectivity index (χ2n) is 8.35. The van der Waals surface area contributed by atoms with E-state index in [-0.39, 0.29) is 11.9 Å². The molecule has 1 amide bonds. The quantitative estimate of drug-likeness (QED) is 0.597. The number of aryl methyl sites for hydroxylation is 2. The number of amides is 1. The summed E-state index contributed by atoms with van der Waals surface area (Å²) in [6.45, 7) is 5.37. The number of carbonyl (C=O) groups is 1. The molecule has 1 unspecified atom stereocenters. The van der Waals surface area contributed by atoms with Gasteiger partial charge in [0.15, 0.2) is 5.76 Å². The zero-order valence-electron chi connectivity index (χ0n) is 17.9. The molecule has 2 aromatic heterocycles. The molecule has 5 nitrogen and oxygen atoms in total. The number of thiophene rings is 1. The van der Waals surface area contributed by atoms with Crippen molar-refractivity contribution in [2.45, 2.75) is 38.6 Å². The summed E-state index contributed by atoms with van der Waals surface area (Å²) in [5.41, 5.74) is 5.23. The van der Waals surface area contributed by atoms with Gasteiger partial charge in [0.05, 0.1) is 25.5 Å². The molecule has 1 aliphatic heterocycles. The number of nitrogens with zero attached hydrogens (tertiary/aromatic N) is 1. The van der Waals surface area contributed by atoms with Crippen molar-refractivity contribution in [1.29, 1.82) is 0 Å². The van der Waals surface area contributed by atoms with Crippen molar-refractivity contribution >= 4 is 22.2 Å². The maximum atomic E-state index is 12.9. The molecule has 1 atom stereocenters. The Morgan fingerprint density at radius 1 is 1.10 bits per heavy atom. The maximum Gasteiger partial charge on any atom is 0.291 e. The van der Waals surface area contributed by atoms with E-state index in [1.165, 1.54) is 46.2 Å². The van der Waals surface area contributed by atoms with Gasteiger partial charge in [0.1, 0.15) is 5.00 Å². The van der Waals surface area contributed by atoms with E-state index in [0.717, 1.165) is 44.1 Å². The molecule has 1 aliphatic carbocycles. The first-order chi connectivity index (χ1) is 15.2. The predicted octanol–water partition coefficient (Wildman–Crippen LogP) is 5.20. The fraction of sp³-hybridized carbons (Fsp3) is 0.400. The maximum absolute atomic E-state index is 12.9. The lowest BCUT2D eigenvalue weighted by molar-refractivity contribution is 0.0239. The molecule has 1 saturated heterocycles. The summed E-state index contributed by atoms with van der Waals surface area (Å²) in [6.07, 6.45) is 6.12. The van der Waals surface area contributed by atoms with E-state index >= 15 is 0 Å². The third kappa shape index (κ3) is 4.20. The van der Waals surface area contributed by atoms with Gasteiger partial charge in [-0.15, -0.1) is 11.3 Å². The van der Waals surface area contributed by atoms with Gasteiger partial charge >= 0.3 is 0 Å². The first-order valence-corrected chi connectivity index (χ1v) is 11.9. The van der Waals surface area contributed by atoms with Gasteiger partial charge in [0.25, 0.3) is 5.91 Å². The molecule has 2 aliphatic rings. The third-order valence-electron chi connectivity index (χ3n) is 6.26. The fourth-order valence-corrected chi connectivity index (χ4v) is 6.01. The number of anilines is 1. The normalized spacial score (nSPS) is 17.8. The molecule has 162 valence electrons. The first kappa shape index (κ1) is 20.5. The Bertz CT molecular complexity index is 1030. The predicted molar refractivity (Wildman–Crippen MR) is 123 cm³/mol. The minimum atomic E-state index is -0.186. The van der Waals surface area contributed by atoms with Crippen molar-refractivity contribution < 1.29 is 13.9 Å². The van der Waals surface area contributed by atoms with Gasteiger partial charge in [0, 0.05) is 23.5 Å². The van der Waals surface area contributed by atoms with Gasteiger partial charge in [-0.25, -0.2) is 0 Å². The standard InChI is InChI=1S/C25H28N2O3S/c1-17-8-10-18(11-9-17)23(27-12-15-29-16-13-27)22-19-5-2-3-7-21(19)31-25(22)26-24(28)20-6-4-14-30-20/h4,6,8-11,14,23H,2-3,5,7,12-13,15-16H2,1H3,(H,26,28). The topological polar surface area (TPSA) is 54.7 Å². The summed E-state index contributed by atoms with van der Waals surface area (Å²) >= 11 is 1.75. The number of benzene rings is 1. The van der Waals surface area contributed by atoms with Crippen molar-refractivity contribution in [3.63, 3.8) is 0 Å². The average Bonchev–Trinajstić information content (AvgIpc) is 3.45. The summed E-state index contributed by atoms with van der Waals surface area (Å²) in [5, 5.41) is 4.16. The summed E-state index contributed by atoms with van der Waals surface area (Å²) in [6, 6.07) is 12.4. The van der Waals surface area contributed by atoms with Gasteiger partial charge in [-0.2, -0.15) is 0 Å². The van der Waals surface area contributed by atoms with Crippen LogP contribution >= 0.6 is 11.3 Å². The third-order valence-corrected chi connectivity index (χ3v) is 7.48. The zero-order chi connectivity index (χ0) is 21.2. The molecule has 0 radical (unpaired) electrons. The highest BCUT2D eigenvalue weighted by Crippen LogP contribution is 2.45. The Labute approximate surface area is 187 Å². The van der Waals surface area contributed by atoms with Gasteiger partial charge in [0.2, 0.25) is 0 Å². The molecular formula is C25H28N2O3S.